The fourth-order valence-electron chi connectivity index (χ4n) is 10.0. The summed E-state index contributed by atoms with van der Waals surface area (Å²) in [5.74, 6) is 3.10. The van der Waals surface area contributed by atoms with E-state index in [1.165, 1.54) is 77.4 Å². The van der Waals surface area contributed by atoms with Crippen LogP contribution in [0.4, 0.5) is 34.1 Å². The maximum atomic E-state index is 2.54. The third kappa shape index (κ3) is 4.94. The lowest BCUT2D eigenvalue weighted by Gasteiger charge is -2.62. The summed E-state index contributed by atoms with van der Waals surface area (Å²) in [7, 11) is 0. The molecule has 10 rings (SSSR count). The van der Waals surface area contributed by atoms with Gasteiger partial charge < -0.3 is 9.80 Å². The van der Waals surface area contributed by atoms with Gasteiger partial charge in [0.25, 0.3) is 0 Å². The zero-order chi connectivity index (χ0) is 31.9. The van der Waals surface area contributed by atoms with Gasteiger partial charge in [-0.15, -0.1) is 0 Å². The second-order valence-electron chi connectivity index (χ2n) is 14.3. The summed E-state index contributed by atoms with van der Waals surface area (Å²) in [4.78, 5) is 4.81. The second-order valence-corrected chi connectivity index (χ2v) is 14.3. The monoisotopic (exact) mass is 622 g/mol. The number of anilines is 6. The van der Waals surface area contributed by atoms with Gasteiger partial charge in [-0.25, -0.2) is 0 Å². The Bertz CT molecular complexity index is 1860. The molecule has 4 saturated carbocycles. The maximum absolute atomic E-state index is 2.54. The van der Waals surface area contributed by atoms with Crippen LogP contribution in [0.15, 0.2) is 170 Å². The quantitative estimate of drug-likeness (QED) is 0.167. The molecule has 0 saturated heterocycles. The molecule has 4 fully saturated rings. The summed E-state index contributed by atoms with van der Waals surface area (Å²) in [6, 6.07) is 62.5. The van der Waals surface area contributed by atoms with Crippen LogP contribution < -0.4 is 9.80 Å². The van der Waals surface area contributed by atoms with E-state index in [1.807, 2.05) is 0 Å². The molecule has 2 heteroatoms. The third-order valence-electron chi connectivity index (χ3n) is 11.7. The van der Waals surface area contributed by atoms with Gasteiger partial charge in [0.15, 0.2) is 0 Å². The van der Waals surface area contributed by atoms with Crippen molar-refractivity contribution in [3.8, 4) is 0 Å². The van der Waals surface area contributed by atoms with Crippen molar-refractivity contribution in [1.29, 1.82) is 0 Å². The van der Waals surface area contributed by atoms with E-state index in [2.05, 4.69) is 180 Å². The van der Waals surface area contributed by atoms with Gasteiger partial charge in [0.05, 0.1) is 0 Å². The predicted octanol–water partition coefficient (Wildman–Crippen LogP) is 12.4. The van der Waals surface area contributed by atoms with Crippen LogP contribution in [0.3, 0.4) is 0 Å². The topological polar surface area (TPSA) is 6.48 Å². The highest BCUT2D eigenvalue weighted by Gasteiger charge is 2.58. The minimum absolute atomic E-state index is 0.00529. The van der Waals surface area contributed by atoms with Crippen molar-refractivity contribution in [2.45, 2.75) is 37.5 Å². The van der Waals surface area contributed by atoms with Crippen molar-refractivity contribution < 1.29 is 0 Å². The first-order valence-electron chi connectivity index (χ1n) is 17.8. The average molecular weight is 623 g/mol. The highest BCUT2D eigenvalue weighted by atomic mass is 15.1. The van der Waals surface area contributed by atoms with Gasteiger partial charge in [0.1, 0.15) is 0 Å². The standard InChI is InChI=1S/C46H42N2/c1-5-15-40(16-6-1)47(41-17-7-2-8-18-41)44-26-24-36(25-27-44)46(38-29-34-28-35(31-38)32-39(46)30-34)37-14-13-23-45(33-37)48(42-19-9-3-10-20-42)43-21-11-4-12-22-43/h1-27,33-35,38-39H,28-32H2. The van der Waals surface area contributed by atoms with Crippen LogP contribution in [0, 0.1) is 23.7 Å². The second kappa shape index (κ2) is 12.2. The Morgan fingerprint density at radius 2 is 0.708 bits per heavy atom. The molecular formula is C46H42N2. The summed E-state index contributed by atoms with van der Waals surface area (Å²) < 4.78 is 0. The minimum Gasteiger partial charge on any atom is -0.311 e. The van der Waals surface area contributed by atoms with E-state index in [0.717, 1.165) is 11.8 Å². The van der Waals surface area contributed by atoms with Gasteiger partial charge in [-0.1, -0.05) is 97.1 Å². The maximum Gasteiger partial charge on any atom is 0.0464 e. The Hall–Kier alpha value is -5.08. The summed E-state index contributed by atoms with van der Waals surface area (Å²) >= 11 is 0. The largest absolute Gasteiger partial charge is 0.311 e. The molecule has 0 spiro atoms. The lowest BCUT2D eigenvalue weighted by atomic mass is 9.42. The van der Waals surface area contributed by atoms with E-state index in [0.29, 0.717) is 11.8 Å². The first kappa shape index (κ1) is 29.1. The van der Waals surface area contributed by atoms with Crippen LogP contribution in [0.2, 0.25) is 0 Å². The average Bonchev–Trinajstić information content (AvgIpc) is 3.14. The van der Waals surface area contributed by atoms with Crippen LogP contribution >= 0.6 is 0 Å². The normalized spacial score (nSPS) is 23.9. The lowest BCUT2D eigenvalue weighted by Crippen LogP contribution is -2.56. The van der Waals surface area contributed by atoms with Crippen LogP contribution in [-0.2, 0) is 5.41 Å². The molecular weight excluding hydrogens is 581 g/mol. The smallest absolute Gasteiger partial charge is 0.0464 e. The summed E-state index contributed by atoms with van der Waals surface area (Å²) in [6.45, 7) is 0. The molecule has 0 heterocycles. The number of para-hydroxylation sites is 4. The van der Waals surface area contributed by atoms with E-state index in [-0.39, 0.29) is 5.41 Å². The van der Waals surface area contributed by atoms with Gasteiger partial charge in [0.2, 0.25) is 0 Å². The zero-order valence-electron chi connectivity index (χ0n) is 27.4. The predicted molar refractivity (Wildman–Crippen MR) is 200 cm³/mol. The Morgan fingerprint density at radius 3 is 1.15 bits per heavy atom. The van der Waals surface area contributed by atoms with Crippen LogP contribution in [-0.4, -0.2) is 0 Å². The van der Waals surface area contributed by atoms with E-state index in [4.69, 9.17) is 0 Å². The molecule has 2 nitrogen and oxygen atoms in total. The SMILES string of the molecule is c1ccc(N(c2ccccc2)c2ccc(C3(c4cccc(N(c5ccccc5)c5ccccc5)c4)C4CC5CC(C4)CC3C5)cc2)cc1. The van der Waals surface area contributed by atoms with E-state index in [9.17, 15) is 0 Å². The van der Waals surface area contributed by atoms with Crippen molar-refractivity contribution >= 4 is 34.1 Å². The fraction of sp³-hybridized carbons (Fsp3) is 0.217. The molecule has 0 N–H and O–H groups in total. The van der Waals surface area contributed by atoms with Crippen molar-refractivity contribution in [3.63, 3.8) is 0 Å². The number of rotatable bonds is 8. The number of nitrogens with zero attached hydrogens (tertiary/aromatic N) is 2. The van der Waals surface area contributed by atoms with Crippen LogP contribution in [0.1, 0.15) is 43.2 Å². The van der Waals surface area contributed by atoms with Gasteiger partial charge >= 0.3 is 0 Å². The summed E-state index contributed by atoms with van der Waals surface area (Å²) in [6.07, 6.45) is 6.84. The van der Waals surface area contributed by atoms with Gasteiger partial charge in [-0.05, 0) is 140 Å². The fourth-order valence-corrected chi connectivity index (χ4v) is 10.0. The van der Waals surface area contributed by atoms with Gasteiger partial charge in [0, 0.05) is 39.5 Å². The van der Waals surface area contributed by atoms with E-state index in [1.54, 1.807) is 0 Å². The Kier molecular flexibility index (Phi) is 7.38. The van der Waals surface area contributed by atoms with Gasteiger partial charge in [-0.3, -0.25) is 0 Å². The van der Waals surface area contributed by atoms with Crippen LogP contribution in [0.5, 0.6) is 0 Å². The molecule has 6 aromatic carbocycles. The minimum atomic E-state index is 0.00529. The number of hydrogen-bond acceptors (Lipinski definition) is 2. The highest BCUT2D eigenvalue weighted by Crippen LogP contribution is 2.65. The van der Waals surface area contributed by atoms with Gasteiger partial charge in [-0.2, -0.15) is 0 Å². The molecule has 0 unspecified atom stereocenters. The molecule has 0 aromatic heterocycles. The molecule has 48 heavy (non-hydrogen) atoms. The molecule has 0 amide bonds. The lowest BCUT2D eigenvalue weighted by molar-refractivity contribution is -0.0418. The zero-order valence-corrected chi connectivity index (χ0v) is 27.4. The highest BCUT2D eigenvalue weighted by molar-refractivity contribution is 5.78. The Balaban J connectivity index is 1.18. The molecule has 6 aromatic rings. The molecule has 0 radical (unpaired) electrons. The molecule has 236 valence electrons. The summed E-state index contributed by atoms with van der Waals surface area (Å²) in [5.41, 5.74) is 10.1. The Morgan fingerprint density at radius 1 is 0.333 bits per heavy atom. The third-order valence-corrected chi connectivity index (χ3v) is 11.7. The molecule has 4 aliphatic rings. The number of hydrogen-bond donors (Lipinski definition) is 0. The number of benzene rings is 6. The first-order chi connectivity index (χ1) is 23.8. The first-order valence-corrected chi connectivity index (χ1v) is 17.8. The molecule has 4 aliphatic carbocycles. The van der Waals surface area contributed by atoms with Crippen molar-refractivity contribution in [1.82, 2.24) is 0 Å². The van der Waals surface area contributed by atoms with Crippen molar-refractivity contribution in [2.24, 2.45) is 23.7 Å². The molecule has 0 aliphatic heterocycles. The van der Waals surface area contributed by atoms with Crippen molar-refractivity contribution in [2.75, 3.05) is 9.80 Å². The van der Waals surface area contributed by atoms with Crippen molar-refractivity contribution in [3.05, 3.63) is 181 Å². The van der Waals surface area contributed by atoms with Crippen LogP contribution in [0.25, 0.3) is 0 Å². The Labute approximate surface area is 285 Å². The van der Waals surface area contributed by atoms with E-state index >= 15 is 0 Å². The molecule has 4 bridgehead atoms. The van der Waals surface area contributed by atoms with E-state index < -0.39 is 0 Å². The summed E-state index contributed by atoms with van der Waals surface area (Å²) in [5, 5.41) is 0. The molecule has 0 atom stereocenters.